The van der Waals surface area contributed by atoms with E-state index < -0.39 is 17.7 Å². The van der Waals surface area contributed by atoms with Gasteiger partial charge in [-0.1, -0.05) is 40.0 Å². The summed E-state index contributed by atoms with van der Waals surface area (Å²) in [6.07, 6.45) is 5.12. The van der Waals surface area contributed by atoms with Crippen molar-refractivity contribution in [1.29, 1.82) is 0 Å². The zero-order valence-corrected chi connectivity index (χ0v) is 16.4. The monoisotopic (exact) mass is 378 g/mol. The number of hydrogen-bond acceptors (Lipinski definition) is 6. The summed E-state index contributed by atoms with van der Waals surface area (Å²) < 4.78 is 0. The Bertz CT molecular complexity index is 595. The Balaban J connectivity index is 3.12. The maximum Gasteiger partial charge on any atom is 0.272 e. The van der Waals surface area contributed by atoms with Crippen LogP contribution in [0.25, 0.3) is 0 Å². The average molecular weight is 378 g/mol. The van der Waals surface area contributed by atoms with Gasteiger partial charge in [0.1, 0.15) is 5.56 Å². The number of unbranched alkanes of at least 4 members (excludes halogenated alkanes) is 3. The lowest BCUT2D eigenvalue weighted by atomic mass is 10.1. The van der Waals surface area contributed by atoms with Gasteiger partial charge in [0, 0.05) is 19.6 Å². The number of nitrogens with zero attached hydrogens (tertiary/aromatic N) is 3. The number of nitrogens with one attached hydrogen (secondary N) is 3. The minimum Gasteiger partial charge on any atom is -0.352 e. The van der Waals surface area contributed by atoms with Crippen LogP contribution in [0.2, 0.25) is 0 Å². The molecule has 0 aliphatic rings. The fourth-order valence-corrected chi connectivity index (χ4v) is 2.25. The molecule has 9 heteroatoms. The van der Waals surface area contributed by atoms with Crippen molar-refractivity contribution in [2.24, 2.45) is 0 Å². The number of carbonyl (C=O) groups excluding carboxylic acids is 3. The summed E-state index contributed by atoms with van der Waals surface area (Å²) in [5.41, 5.74) is -0.504. The number of hydrogen-bond donors (Lipinski definition) is 3. The highest BCUT2D eigenvalue weighted by atomic mass is 16.2. The van der Waals surface area contributed by atoms with Crippen LogP contribution >= 0.6 is 0 Å². The Morgan fingerprint density at radius 2 is 1.04 bits per heavy atom. The molecule has 27 heavy (non-hydrogen) atoms. The van der Waals surface area contributed by atoms with E-state index in [1.54, 1.807) is 0 Å². The first-order valence-corrected chi connectivity index (χ1v) is 9.64. The summed E-state index contributed by atoms with van der Waals surface area (Å²) in [6.45, 7) is 7.35. The van der Waals surface area contributed by atoms with Gasteiger partial charge in [0.2, 0.25) is 0 Å². The van der Waals surface area contributed by atoms with E-state index in [0.717, 1.165) is 38.5 Å². The number of rotatable bonds is 12. The molecule has 1 rings (SSSR count). The first-order valence-electron chi connectivity index (χ1n) is 9.64. The Morgan fingerprint density at radius 3 is 1.41 bits per heavy atom. The Hall–Kier alpha value is -2.58. The third kappa shape index (κ3) is 7.28. The molecule has 0 aliphatic carbocycles. The molecular weight excluding hydrogens is 348 g/mol. The Morgan fingerprint density at radius 1 is 0.667 bits per heavy atom. The van der Waals surface area contributed by atoms with Gasteiger partial charge in [-0.15, -0.1) is 10.2 Å². The van der Waals surface area contributed by atoms with E-state index in [0.29, 0.717) is 19.6 Å². The highest BCUT2D eigenvalue weighted by Crippen LogP contribution is 2.10. The van der Waals surface area contributed by atoms with Crippen molar-refractivity contribution in [2.75, 3.05) is 19.6 Å². The second-order valence-corrected chi connectivity index (χ2v) is 6.19. The smallest absolute Gasteiger partial charge is 0.272 e. The Labute approximate surface area is 160 Å². The molecule has 0 saturated heterocycles. The second-order valence-electron chi connectivity index (χ2n) is 6.19. The fourth-order valence-electron chi connectivity index (χ4n) is 2.25. The molecule has 3 N–H and O–H groups in total. The highest BCUT2D eigenvalue weighted by Gasteiger charge is 2.27. The average Bonchev–Trinajstić information content (AvgIpc) is 2.67. The zero-order valence-electron chi connectivity index (χ0n) is 16.4. The van der Waals surface area contributed by atoms with Crippen molar-refractivity contribution >= 4 is 17.7 Å². The van der Waals surface area contributed by atoms with Gasteiger partial charge in [-0.3, -0.25) is 14.4 Å². The summed E-state index contributed by atoms with van der Waals surface area (Å²) in [7, 11) is 0. The predicted octanol–water partition coefficient (Wildman–Crippen LogP) is 1.46. The van der Waals surface area contributed by atoms with E-state index in [-0.39, 0.29) is 17.0 Å². The largest absolute Gasteiger partial charge is 0.352 e. The molecule has 0 saturated carbocycles. The summed E-state index contributed by atoms with van der Waals surface area (Å²) in [6, 6.07) is 0. The van der Waals surface area contributed by atoms with Gasteiger partial charge < -0.3 is 16.0 Å². The minimum absolute atomic E-state index is 0.135. The van der Waals surface area contributed by atoms with Gasteiger partial charge in [-0.05, 0) is 24.5 Å². The highest BCUT2D eigenvalue weighted by molar-refractivity contribution is 6.12. The summed E-state index contributed by atoms with van der Waals surface area (Å²) >= 11 is 0. The standard InChI is InChI=1S/C18H30N6O3/c1-4-7-10-19-16(25)13-14(17(26)20-11-8-5-2)22-24-23-15(13)18(27)21-12-9-6-3/h4-12H2,1-3H3,(H,19,25)(H,20,26)(H,21,27). The maximum absolute atomic E-state index is 12.7. The lowest BCUT2D eigenvalue weighted by Crippen LogP contribution is -2.36. The molecule has 9 nitrogen and oxygen atoms in total. The lowest BCUT2D eigenvalue weighted by molar-refractivity contribution is 0.0896. The zero-order chi connectivity index (χ0) is 20.1. The van der Waals surface area contributed by atoms with Crippen LogP contribution < -0.4 is 16.0 Å². The fraction of sp³-hybridized carbons (Fsp3) is 0.667. The third-order valence-electron chi connectivity index (χ3n) is 3.87. The molecule has 150 valence electrons. The van der Waals surface area contributed by atoms with E-state index in [4.69, 9.17) is 0 Å². The van der Waals surface area contributed by atoms with Gasteiger partial charge in [0.15, 0.2) is 11.4 Å². The van der Waals surface area contributed by atoms with Gasteiger partial charge in [0.05, 0.1) is 0 Å². The number of aromatic nitrogens is 3. The SMILES string of the molecule is CCCCNC(=O)c1nnnc(C(=O)NCCCC)c1C(=O)NCCCC. The molecule has 0 unspecified atom stereocenters. The lowest BCUT2D eigenvalue weighted by Gasteiger charge is -2.12. The van der Waals surface area contributed by atoms with E-state index in [2.05, 4.69) is 31.4 Å². The molecule has 0 radical (unpaired) electrons. The van der Waals surface area contributed by atoms with Crippen molar-refractivity contribution in [3.05, 3.63) is 17.0 Å². The first kappa shape index (κ1) is 22.5. The van der Waals surface area contributed by atoms with E-state index in [1.165, 1.54) is 0 Å². The van der Waals surface area contributed by atoms with Crippen LogP contribution in [0.5, 0.6) is 0 Å². The molecule has 1 aromatic rings. The van der Waals surface area contributed by atoms with E-state index in [1.807, 2.05) is 20.8 Å². The molecule has 0 aliphatic heterocycles. The number of carbonyl (C=O) groups is 3. The van der Waals surface area contributed by atoms with Crippen molar-refractivity contribution in [3.8, 4) is 0 Å². The molecule has 0 aromatic carbocycles. The molecule has 0 spiro atoms. The van der Waals surface area contributed by atoms with Crippen LogP contribution in [-0.4, -0.2) is 52.8 Å². The van der Waals surface area contributed by atoms with Crippen LogP contribution in [0.3, 0.4) is 0 Å². The van der Waals surface area contributed by atoms with Gasteiger partial charge in [-0.25, -0.2) is 0 Å². The second kappa shape index (κ2) is 12.7. The normalized spacial score (nSPS) is 10.3. The van der Waals surface area contributed by atoms with E-state index >= 15 is 0 Å². The van der Waals surface area contributed by atoms with Crippen LogP contribution in [0.15, 0.2) is 0 Å². The molecule has 1 aromatic heterocycles. The number of amides is 3. The minimum atomic E-state index is -0.549. The van der Waals surface area contributed by atoms with Crippen LogP contribution in [0, 0.1) is 0 Å². The van der Waals surface area contributed by atoms with Gasteiger partial charge >= 0.3 is 0 Å². The Kier molecular flexibility index (Phi) is 10.6. The summed E-state index contributed by atoms with van der Waals surface area (Å²) in [5.74, 6) is -1.63. The molecule has 1 heterocycles. The van der Waals surface area contributed by atoms with Crippen LogP contribution in [0.1, 0.15) is 90.6 Å². The molecule has 0 fully saturated rings. The molecule has 0 bridgehead atoms. The van der Waals surface area contributed by atoms with E-state index in [9.17, 15) is 14.4 Å². The first-order chi connectivity index (χ1) is 13.1. The molecule has 0 atom stereocenters. The maximum atomic E-state index is 12.7. The quantitative estimate of drug-likeness (QED) is 0.473. The summed E-state index contributed by atoms with van der Waals surface area (Å²) in [5, 5.41) is 19.1. The molecule has 3 amide bonds. The van der Waals surface area contributed by atoms with Crippen molar-refractivity contribution < 1.29 is 14.4 Å². The van der Waals surface area contributed by atoms with Crippen molar-refractivity contribution in [1.82, 2.24) is 31.4 Å². The molecular formula is C18H30N6O3. The van der Waals surface area contributed by atoms with Gasteiger partial charge in [0.25, 0.3) is 17.7 Å². The van der Waals surface area contributed by atoms with Crippen molar-refractivity contribution in [3.63, 3.8) is 0 Å². The van der Waals surface area contributed by atoms with Crippen molar-refractivity contribution in [2.45, 2.75) is 59.3 Å². The van der Waals surface area contributed by atoms with Crippen LogP contribution in [-0.2, 0) is 0 Å². The topological polar surface area (TPSA) is 126 Å². The van der Waals surface area contributed by atoms with Crippen LogP contribution in [0.4, 0.5) is 0 Å². The summed E-state index contributed by atoms with van der Waals surface area (Å²) in [4.78, 5) is 37.6. The van der Waals surface area contributed by atoms with Gasteiger partial charge in [-0.2, -0.15) is 0 Å². The third-order valence-corrected chi connectivity index (χ3v) is 3.87. The predicted molar refractivity (Wildman–Crippen MR) is 102 cm³/mol.